The number of carbonyl (C=O) groups excluding carboxylic acids is 1. The third kappa shape index (κ3) is 5.73. The molecule has 0 aliphatic carbocycles. The molecule has 1 aromatic rings. The molecule has 0 unspecified atom stereocenters. The molecular weight excluding hydrogens is 333 g/mol. The number of rotatable bonds is 7. The van der Waals surface area contributed by atoms with E-state index in [1.54, 1.807) is 0 Å². The van der Waals surface area contributed by atoms with E-state index in [1.807, 2.05) is 4.90 Å². The molecule has 1 aliphatic rings. The Kier molecular flexibility index (Phi) is 6.87. The molecule has 5 nitrogen and oxygen atoms in total. The van der Waals surface area contributed by atoms with Crippen molar-refractivity contribution >= 4 is 5.91 Å². The monoisotopic (exact) mass is 360 g/mol. The van der Waals surface area contributed by atoms with Gasteiger partial charge in [-0.15, -0.1) is 0 Å². The second-order valence-electron chi connectivity index (χ2n) is 6.42. The van der Waals surface area contributed by atoms with Gasteiger partial charge in [0.2, 0.25) is 5.91 Å². The van der Waals surface area contributed by atoms with Gasteiger partial charge in [-0.2, -0.15) is 13.2 Å². The Hall–Kier alpha value is -1.57. The predicted molar refractivity (Wildman–Crippen MR) is 89.1 cm³/mol. The fraction of sp³-hybridized carbons (Fsp3) is 0.765. The van der Waals surface area contributed by atoms with Gasteiger partial charge in [-0.05, 0) is 25.9 Å². The zero-order valence-electron chi connectivity index (χ0n) is 14.9. The summed E-state index contributed by atoms with van der Waals surface area (Å²) in [7, 11) is 0. The number of imidazole rings is 1. The van der Waals surface area contributed by atoms with Crippen molar-refractivity contribution in [3.05, 3.63) is 18.2 Å². The minimum Gasteiger partial charge on any atom is -0.343 e. The summed E-state index contributed by atoms with van der Waals surface area (Å²) >= 11 is 0. The van der Waals surface area contributed by atoms with Gasteiger partial charge < -0.3 is 14.4 Å². The number of alkyl halides is 3. The number of aryl methyl sites for hydroxylation is 1. The first-order valence-corrected chi connectivity index (χ1v) is 8.92. The number of hydrogen-bond acceptors (Lipinski definition) is 3. The van der Waals surface area contributed by atoms with Gasteiger partial charge in [0.1, 0.15) is 12.4 Å². The summed E-state index contributed by atoms with van der Waals surface area (Å²) in [5.41, 5.74) is 0. The van der Waals surface area contributed by atoms with Crippen LogP contribution in [-0.2, 0) is 17.8 Å². The molecule has 2 rings (SSSR count). The smallest absolute Gasteiger partial charge is 0.343 e. The summed E-state index contributed by atoms with van der Waals surface area (Å²) in [5, 5.41) is 0. The van der Waals surface area contributed by atoms with Crippen LogP contribution in [0.5, 0.6) is 0 Å². The maximum Gasteiger partial charge on any atom is 0.406 e. The van der Waals surface area contributed by atoms with Crippen molar-refractivity contribution in [2.45, 2.75) is 58.3 Å². The standard InChI is InChI=1S/C17H27F3N4O/c1-3-22(4-2)14-7-10-23(11-8-14)16(25)6-5-15-21-9-12-24(15)13-17(18,19)20/h9,12,14H,3-8,10-11,13H2,1-2H3. The lowest BCUT2D eigenvalue weighted by atomic mass is 10.0. The summed E-state index contributed by atoms with van der Waals surface area (Å²) in [6.45, 7) is 6.68. The van der Waals surface area contributed by atoms with Crippen LogP contribution in [0.25, 0.3) is 0 Å². The zero-order valence-corrected chi connectivity index (χ0v) is 14.9. The van der Waals surface area contributed by atoms with E-state index in [0.29, 0.717) is 11.9 Å². The van der Waals surface area contributed by atoms with Crippen molar-refractivity contribution in [3.63, 3.8) is 0 Å². The predicted octanol–water partition coefficient (Wildman–Crippen LogP) is 2.71. The minimum atomic E-state index is -4.29. The van der Waals surface area contributed by atoms with Gasteiger partial charge in [-0.25, -0.2) is 4.98 Å². The van der Waals surface area contributed by atoms with Crippen LogP contribution in [0, 0.1) is 0 Å². The molecule has 1 amide bonds. The number of halogens is 3. The summed E-state index contributed by atoms with van der Waals surface area (Å²) in [4.78, 5) is 20.6. The van der Waals surface area contributed by atoms with Crippen molar-refractivity contribution < 1.29 is 18.0 Å². The van der Waals surface area contributed by atoms with Crippen LogP contribution in [0.4, 0.5) is 13.2 Å². The van der Waals surface area contributed by atoms with Crippen molar-refractivity contribution in [2.24, 2.45) is 0 Å². The van der Waals surface area contributed by atoms with Crippen LogP contribution in [0.1, 0.15) is 38.9 Å². The number of carbonyl (C=O) groups is 1. The quantitative estimate of drug-likeness (QED) is 0.751. The zero-order chi connectivity index (χ0) is 18.4. The number of amides is 1. The number of likely N-dealkylation sites (tertiary alicyclic amines) is 1. The maximum absolute atomic E-state index is 12.5. The fourth-order valence-corrected chi connectivity index (χ4v) is 3.50. The summed E-state index contributed by atoms with van der Waals surface area (Å²) in [6.07, 6.45) is 0.713. The third-order valence-corrected chi connectivity index (χ3v) is 4.86. The Morgan fingerprint density at radius 1 is 1.28 bits per heavy atom. The number of piperidine rings is 1. The highest BCUT2D eigenvalue weighted by Crippen LogP contribution is 2.20. The average Bonchev–Trinajstić information content (AvgIpc) is 2.99. The van der Waals surface area contributed by atoms with Crippen LogP contribution in [0.15, 0.2) is 12.4 Å². The minimum absolute atomic E-state index is 0.000411. The molecule has 0 aromatic carbocycles. The van der Waals surface area contributed by atoms with Gasteiger partial charge in [0.05, 0.1) is 0 Å². The van der Waals surface area contributed by atoms with E-state index in [4.69, 9.17) is 0 Å². The van der Waals surface area contributed by atoms with E-state index < -0.39 is 12.7 Å². The normalized spacial score (nSPS) is 16.6. The van der Waals surface area contributed by atoms with E-state index in [0.717, 1.165) is 43.6 Å². The van der Waals surface area contributed by atoms with Crippen molar-refractivity contribution in [1.29, 1.82) is 0 Å². The van der Waals surface area contributed by atoms with E-state index in [9.17, 15) is 18.0 Å². The Balaban J connectivity index is 1.81. The second-order valence-corrected chi connectivity index (χ2v) is 6.42. The fourth-order valence-electron chi connectivity index (χ4n) is 3.50. The first-order chi connectivity index (χ1) is 11.8. The lowest BCUT2D eigenvalue weighted by Gasteiger charge is -2.37. The van der Waals surface area contributed by atoms with Gasteiger partial charge >= 0.3 is 6.18 Å². The maximum atomic E-state index is 12.5. The molecule has 0 bridgehead atoms. The van der Waals surface area contributed by atoms with Crippen molar-refractivity contribution in [3.8, 4) is 0 Å². The first kappa shape index (κ1) is 19.8. The molecule has 8 heteroatoms. The summed E-state index contributed by atoms with van der Waals surface area (Å²) < 4.78 is 38.6. The van der Waals surface area contributed by atoms with Gasteiger partial charge in [0, 0.05) is 44.4 Å². The summed E-state index contributed by atoms with van der Waals surface area (Å²) in [6, 6.07) is 0.518. The van der Waals surface area contributed by atoms with Crippen molar-refractivity contribution in [1.82, 2.24) is 19.4 Å². The van der Waals surface area contributed by atoms with Crippen LogP contribution in [0.2, 0.25) is 0 Å². The Labute approximate surface area is 146 Å². The highest BCUT2D eigenvalue weighted by atomic mass is 19.4. The Bertz CT molecular complexity index is 546. The largest absolute Gasteiger partial charge is 0.406 e. The Morgan fingerprint density at radius 3 is 2.48 bits per heavy atom. The lowest BCUT2D eigenvalue weighted by Crippen LogP contribution is -2.46. The molecule has 0 atom stereocenters. The van der Waals surface area contributed by atoms with Crippen LogP contribution in [0.3, 0.4) is 0 Å². The van der Waals surface area contributed by atoms with E-state index in [1.165, 1.54) is 12.4 Å². The number of aromatic nitrogens is 2. The van der Waals surface area contributed by atoms with Crippen molar-refractivity contribution in [2.75, 3.05) is 26.2 Å². The molecule has 0 spiro atoms. The van der Waals surface area contributed by atoms with Gasteiger partial charge in [-0.3, -0.25) is 4.79 Å². The molecule has 25 heavy (non-hydrogen) atoms. The molecule has 142 valence electrons. The molecule has 1 aliphatic heterocycles. The SMILES string of the molecule is CCN(CC)C1CCN(C(=O)CCc2nccn2CC(F)(F)F)CC1. The Morgan fingerprint density at radius 2 is 1.92 bits per heavy atom. The van der Waals surface area contributed by atoms with Gasteiger partial charge in [0.25, 0.3) is 0 Å². The lowest BCUT2D eigenvalue weighted by molar-refractivity contribution is -0.141. The topological polar surface area (TPSA) is 41.4 Å². The number of nitrogens with zero attached hydrogens (tertiary/aromatic N) is 4. The first-order valence-electron chi connectivity index (χ1n) is 8.92. The van der Waals surface area contributed by atoms with Gasteiger partial charge in [-0.1, -0.05) is 13.8 Å². The number of hydrogen-bond donors (Lipinski definition) is 0. The van der Waals surface area contributed by atoms with Crippen LogP contribution < -0.4 is 0 Å². The van der Waals surface area contributed by atoms with Gasteiger partial charge in [0.15, 0.2) is 0 Å². The molecule has 1 aromatic heterocycles. The molecule has 2 heterocycles. The van der Waals surface area contributed by atoms with E-state index in [2.05, 4.69) is 23.7 Å². The molecule has 0 radical (unpaired) electrons. The average molecular weight is 360 g/mol. The molecule has 1 fully saturated rings. The highest BCUT2D eigenvalue weighted by molar-refractivity contribution is 5.76. The summed E-state index contributed by atoms with van der Waals surface area (Å²) in [5.74, 6) is 0.309. The molecule has 0 saturated carbocycles. The molecular formula is C17H27F3N4O. The second kappa shape index (κ2) is 8.69. The van der Waals surface area contributed by atoms with E-state index in [-0.39, 0.29) is 18.7 Å². The van der Waals surface area contributed by atoms with Crippen LogP contribution in [-0.4, -0.2) is 63.7 Å². The van der Waals surface area contributed by atoms with Crippen LogP contribution >= 0.6 is 0 Å². The molecule has 1 saturated heterocycles. The molecule has 0 N–H and O–H groups in total. The highest BCUT2D eigenvalue weighted by Gasteiger charge is 2.29. The third-order valence-electron chi connectivity index (χ3n) is 4.86. The van der Waals surface area contributed by atoms with E-state index >= 15 is 0 Å².